The Morgan fingerprint density at radius 3 is 1.37 bits per heavy atom. The molecule has 18 aromatic rings. The standard InChI is InChI=1S/C49H33NO.C48H32N4O/c1-49(2)41-27-45-40(33-12-6-8-17-44(33)51-45)26-39(41)37-24-25-43-47(48(37)49)38-13-5-7-16-42(38)50(43)29-20-18-28(19-21-29)30-22-23-36-32-11-4-3-10-31(32)35-15-9-14-34(30)46(35)36;1-48(2)43-33(34-26-28-40-42(44(34)48)36-18-10-12-20-39(36)53-40)25-27-38-41(43)35-17-9-11-19-37(35)52(38)32-23-21-31(22-24-32)47-50-45(29-13-5-3-6-14-29)49-46(51-47)30-15-7-4-8-16-30/h3-27,34,46H,1-2H3;3-28H,1-2H3. The van der Waals surface area contributed by atoms with Gasteiger partial charge in [0.1, 0.15) is 22.3 Å². The van der Waals surface area contributed by atoms with Gasteiger partial charge in [-0.15, -0.1) is 0 Å². The van der Waals surface area contributed by atoms with Gasteiger partial charge in [-0.3, -0.25) is 0 Å². The summed E-state index contributed by atoms with van der Waals surface area (Å²) in [5.41, 5.74) is 32.3. The number of para-hydroxylation sites is 4. The van der Waals surface area contributed by atoms with Crippen LogP contribution in [-0.4, -0.2) is 24.1 Å². The van der Waals surface area contributed by atoms with Crippen LogP contribution >= 0.6 is 0 Å². The molecule has 0 aliphatic heterocycles. The Hall–Kier alpha value is -13.0. The summed E-state index contributed by atoms with van der Waals surface area (Å²) in [4.78, 5) is 14.8. The highest BCUT2D eigenvalue weighted by Crippen LogP contribution is 2.59. The molecule has 0 radical (unpaired) electrons. The molecular weight excluding hydrogens is 1270 g/mol. The van der Waals surface area contributed by atoms with E-state index in [9.17, 15) is 0 Å². The lowest BCUT2D eigenvalue weighted by molar-refractivity contribution is 0.650. The van der Waals surface area contributed by atoms with Crippen molar-refractivity contribution in [1.82, 2.24) is 24.1 Å². The van der Waals surface area contributed by atoms with Crippen LogP contribution in [0.3, 0.4) is 0 Å². The molecule has 13 aromatic carbocycles. The summed E-state index contributed by atoms with van der Waals surface area (Å²) in [6, 6.07) is 100.0. The maximum Gasteiger partial charge on any atom is 0.164 e. The first-order valence-electron chi connectivity index (χ1n) is 36.1. The topological polar surface area (TPSA) is 74.8 Å². The van der Waals surface area contributed by atoms with Crippen LogP contribution in [0, 0.1) is 11.8 Å². The van der Waals surface area contributed by atoms with E-state index in [1.54, 1.807) is 0 Å². The van der Waals surface area contributed by atoms with Crippen molar-refractivity contribution >= 4 is 104 Å². The van der Waals surface area contributed by atoms with Gasteiger partial charge in [-0.05, 0) is 169 Å². The maximum absolute atomic E-state index is 6.38. The smallest absolute Gasteiger partial charge is 0.164 e. The summed E-state index contributed by atoms with van der Waals surface area (Å²) in [5.74, 6) is 2.67. The Balaban J connectivity index is 0.000000131. The molecule has 0 bridgehead atoms. The first-order valence-corrected chi connectivity index (χ1v) is 36.1. The van der Waals surface area contributed by atoms with Crippen LogP contribution in [0.5, 0.6) is 0 Å². The predicted octanol–water partition coefficient (Wildman–Crippen LogP) is 24.8. The van der Waals surface area contributed by atoms with Crippen molar-refractivity contribution in [2.45, 2.75) is 38.5 Å². The van der Waals surface area contributed by atoms with Crippen molar-refractivity contribution < 1.29 is 8.83 Å². The Morgan fingerprint density at radius 1 is 0.308 bits per heavy atom. The van der Waals surface area contributed by atoms with Crippen LogP contribution in [0.4, 0.5) is 0 Å². The molecule has 0 saturated carbocycles. The lowest BCUT2D eigenvalue weighted by Crippen LogP contribution is -2.18. The fraction of sp³-hybridized carbons (Fsp3) is 0.0825. The van der Waals surface area contributed by atoms with Crippen molar-refractivity contribution in [1.29, 1.82) is 0 Å². The van der Waals surface area contributed by atoms with Gasteiger partial charge in [0.25, 0.3) is 0 Å². The van der Waals surface area contributed by atoms with Crippen molar-refractivity contribution in [2.75, 3.05) is 0 Å². The monoisotopic (exact) mass is 1330 g/mol. The van der Waals surface area contributed by atoms with E-state index < -0.39 is 0 Å². The Bertz CT molecular complexity index is 6830. The van der Waals surface area contributed by atoms with Gasteiger partial charge in [-0.2, -0.15) is 0 Å². The predicted molar refractivity (Wildman–Crippen MR) is 427 cm³/mol. The van der Waals surface area contributed by atoms with Gasteiger partial charge in [-0.1, -0.05) is 246 Å². The summed E-state index contributed by atoms with van der Waals surface area (Å²) < 4.78 is 17.6. The van der Waals surface area contributed by atoms with Crippen LogP contribution in [0.15, 0.2) is 318 Å². The quantitative estimate of drug-likeness (QED) is 0.166. The van der Waals surface area contributed by atoms with E-state index in [0.717, 1.165) is 44.7 Å². The molecule has 5 aromatic heterocycles. The van der Waals surface area contributed by atoms with Crippen molar-refractivity contribution in [2.24, 2.45) is 11.8 Å². The molecule has 7 heteroatoms. The van der Waals surface area contributed by atoms with Gasteiger partial charge in [-0.25, -0.2) is 15.0 Å². The second kappa shape index (κ2) is 21.8. The van der Waals surface area contributed by atoms with Crippen molar-refractivity contribution in [3.05, 3.63) is 348 Å². The molecule has 0 N–H and O–H groups in total. The number of rotatable bonds is 6. The van der Waals surface area contributed by atoms with Gasteiger partial charge in [0.15, 0.2) is 17.5 Å². The summed E-state index contributed by atoms with van der Waals surface area (Å²) in [6.45, 7) is 9.52. The fourth-order valence-electron chi connectivity index (χ4n) is 18.9. The lowest BCUT2D eigenvalue weighted by atomic mass is 9.72. The molecular formula is C97H65N5O2. The highest BCUT2D eigenvalue weighted by atomic mass is 16.3. The second-order valence-corrected chi connectivity index (χ2v) is 29.6. The Morgan fingerprint density at radius 2 is 0.760 bits per heavy atom. The Kier molecular flexibility index (Phi) is 12.3. The van der Waals surface area contributed by atoms with E-state index >= 15 is 0 Å². The zero-order valence-electron chi connectivity index (χ0n) is 57.7. The average Bonchev–Trinajstić information content (AvgIpc) is 1.53. The zero-order chi connectivity index (χ0) is 68.8. The summed E-state index contributed by atoms with van der Waals surface area (Å²) in [5, 5.41) is 9.92. The number of nitrogens with zero attached hydrogens (tertiary/aromatic N) is 5. The highest BCUT2D eigenvalue weighted by Gasteiger charge is 2.43. The zero-order valence-corrected chi connectivity index (χ0v) is 57.7. The number of furan rings is 2. The molecule has 0 fully saturated rings. The molecule has 490 valence electrons. The first kappa shape index (κ1) is 58.8. The molecule has 0 amide bonds. The van der Waals surface area contributed by atoms with Gasteiger partial charge >= 0.3 is 0 Å². The van der Waals surface area contributed by atoms with E-state index in [-0.39, 0.29) is 10.8 Å². The molecule has 0 saturated heterocycles. The number of aromatic nitrogens is 5. The minimum Gasteiger partial charge on any atom is -0.456 e. The molecule has 0 spiro atoms. The summed E-state index contributed by atoms with van der Waals surface area (Å²) in [7, 11) is 0. The fourth-order valence-corrected chi connectivity index (χ4v) is 18.9. The molecule has 7 nitrogen and oxygen atoms in total. The van der Waals surface area contributed by atoms with Gasteiger partial charge in [0.05, 0.1) is 22.1 Å². The minimum absolute atomic E-state index is 0.198. The van der Waals surface area contributed by atoms with Crippen LogP contribution in [0.1, 0.15) is 66.6 Å². The van der Waals surface area contributed by atoms with E-state index in [1.807, 2.05) is 72.8 Å². The number of allylic oxidation sites excluding steroid dienone is 8. The number of hydrogen-bond acceptors (Lipinski definition) is 5. The lowest BCUT2D eigenvalue weighted by Gasteiger charge is -2.31. The number of fused-ring (bicyclic) bond motifs is 24. The first-order chi connectivity index (χ1) is 51.1. The summed E-state index contributed by atoms with van der Waals surface area (Å²) >= 11 is 0. The highest BCUT2D eigenvalue weighted by molar-refractivity contribution is 6.19. The second-order valence-electron chi connectivity index (χ2n) is 29.6. The van der Waals surface area contributed by atoms with Crippen LogP contribution in [-0.2, 0) is 10.8 Å². The minimum atomic E-state index is -0.263. The molecule has 2 atom stereocenters. The molecule has 2 unspecified atom stereocenters. The third-order valence-electron chi connectivity index (χ3n) is 23.4. The normalized spacial score (nSPS) is 16.2. The van der Waals surface area contributed by atoms with Crippen LogP contribution < -0.4 is 0 Å². The average molecular weight is 1330 g/mol. The van der Waals surface area contributed by atoms with Crippen LogP contribution in [0.2, 0.25) is 0 Å². The maximum atomic E-state index is 6.38. The molecule has 104 heavy (non-hydrogen) atoms. The van der Waals surface area contributed by atoms with E-state index in [0.29, 0.717) is 29.3 Å². The number of benzene rings is 13. The largest absolute Gasteiger partial charge is 0.456 e. The van der Waals surface area contributed by atoms with E-state index in [4.69, 9.17) is 23.8 Å². The van der Waals surface area contributed by atoms with Crippen molar-refractivity contribution in [3.63, 3.8) is 0 Å². The Labute approximate surface area is 600 Å². The van der Waals surface area contributed by atoms with Gasteiger partial charge in [0, 0.05) is 93.8 Å². The van der Waals surface area contributed by atoms with Gasteiger partial charge < -0.3 is 18.0 Å². The van der Waals surface area contributed by atoms with Gasteiger partial charge in [0.2, 0.25) is 0 Å². The van der Waals surface area contributed by atoms with E-state index in [1.165, 1.54) is 149 Å². The van der Waals surface area contributed by atoms with E-state index in [2.05, 4.69) is 273 Å². The molecule has 5 heterocycles. The SMILES string of the molecule is CC1(C)c2c(ccc3oc4ccccc4c23)-c2ccc3c(c21)c1ccccc1n3-c1ccc(-c2nc(-c3ccccc3)nc(-c3ccccc3)n2)cc1.CC1(C)c2cc3oc4ccccc4c3cc2-c2ccc3c(c21)c1ccccc1n3-c1ccc(C2=CC=C3c4ccccc4C4=CC=CC2C43)cc1. The third-order valence-corrected chi connectivity index (χ3v) is 23.4. The summed E-state index contributed by atoms with van der Waals surface area (Å²) in [6.07, 6.45) is 11.7. The van der Waals surface area contributed by atoms with Crippen LogP contribution in [0.25, 0.3) is 172 Å². The molecule has 5 aliphatic rings. The third kappa shape index (κ3) is 8.32. The molecule has 23 rings (SSSR count). The van der Waals surface area contributed by atoms with Crippen molar-refractivity contribution in [3.8, 4) is 67.8 Å². The number of hydrogen-bond donors (Lipinski definition) is 0. The molecule has 5 aliphatic carbocycles.